The highest BCUT2D eigenvalue weighted by Gasteiger charge is 2.27. The third-order valence-corrected chi connectivity index (χ3v) is 6.45. The number of halogens is 1. The second-order valence-corrected chi connectivity index (χ2v) is 8.85. The predicted molar refractivity (Wildman–Crippen MR) is 116 cm³/mol. The van der Waals surface area contributed by atoms with Gasteiger partial charge in [0.15, 0.2) is 5.82 Å². The molecule has 8 nitrogen and oxygen atoms in total. The molecule has 3 aromatic rings. The Kier molecular flexibility index (Phi) is 5.67. The molecule has 2 fully saturated rings. The molecule has 0 amide bonds. The number of hydrogen-bond acceptors (Lipinski definition) is 6. The van der Waals surface area contributed by atoms with Crippen molar-refractivity contribution in [1.29, 1.82) is 0 Å². The minimum Gasteiger partial charge on any atom is -0.351 e. The maximum atomic E-state index is 14.6. The maximum Gasteiger partial charge on any atom is 0.223 e. The highest BCUT2D eigenvalue weighted by atomic mass is 19.1. The Morgan fingerprint density at radius 1 is 1.10 bits per heavy atom. The van der Waals surface area contributed by atoms with Crippen molar-refractivity contribution in [2.45, 2.75) is 63.6 Å². The number of anilines is 1. The number of aromatic amines is 1. The van der Waals surface area contributed by atoms with E-state index in [1.807, 2.05) is 24.1 Å². The summed E-state index contributed by atoms with van der Waals surface area (Å²) in [7, 11) is 1.92. The fourth-order valence-electron chi connectivity index (χ4n) is 4.38. The van der Waals surface area contributed by atoms with Crippen molar-refractivity contribution in [1.82, 2.24) is 35.3 Å². The van der Waals surface area contributed by atoms with Crippen LogP contribution in [0.2, 0.25) is 0 Å². The lowest BCUT2D eigenvalue weighted by molar-refractivity contribution is 0.352. The highest BCUT2D eigenvalue weighted by Crippen LogP contribution is 2.36. The van der Waals surface area contributed by atoms with E-state index in [-0.39, 0.29) is 0 Å². The number of nitrogens with one attached hydrogen (secondary N) is 3. The predicted octanol–water partition coefficient (Wildman–Crippen LogP) is 3.20. The fourth-order valence-corrected chi connectivity index (χ4v) is 4.38. The Balaban J connectivity index is 1.21. The zero-order valence-corrected chi connectivity index (χ0v) is 17.8. The first kappa shape index (κ1) is 20.1. The standard InChI is InChI=1S/C22H29FN8/c1-31-20(8-14-2-3-14)18(12-28-31)21-19(23)13-25-22(30-21)29-17-6-4-16(5-7-17)24-9-15-10-26-27-11-15/h10-14,16-17,24H,2-9H2,1H3,(H,26,27)(H,25,29,30)/t16-,17-. The second kappa shape index (κ2) is 8.74. The molecule has 3 aromatic heterocycles. The lowest BCUT2D eigenvalue weighted by Crippen LogP contribution is -2.36. The van der Waals surface area contributed by atoms with Crippen molar-refractivity contribution in [3.63, 3.8) is 0 Å². The van der Waals surface area contributed by atoms with Crippen molar-refractivity contribution in [3.8, 4) is 11.3 Å². The molecule has 0 radical (unpaired) electrons. The van der Waals surface area contributed by atoms with Gasteiger partial charge in [-0.05, 0) is 50.9 Å². The number of nitrogens with zero attached hydrogens (tertiary/aromatic N) is 5. The molecule has 3 heterocycles. The van der Waals surface area contributed by atoms with E-state index in [1.165, 1.54) is 24.6 Å². The topological polar surface area (TPSA) is 96.3 Å². The average Bonchev–Trinajstić information content (AvgIpc) is 3.31. The zero-order valence-electron chi connectivity index (χ0n) is 17.8. The number of rotatable bonds is 8. The molecule has 0 saturated heterocycles. The number of aromatic nitrogens is 6. The van der Waals surface area contributed by atoms with Crippen molar-refractivity contribution in [2.24, 2.45) is 13.0 Å². The van der Waals surface area contributed by atoms with Gasteiger partial charge in [-0.2, -0.15) is 10.2 Å². The van der Waals surface area contributed by atoms with Gasteiger partial charge in [-0.3, -0.25) is 9.78 Å². The van der Waals surface area contributed by atoms with Crippen LogP contribution in [0.1, 0.15) is 49.8 Å². The lowest BCUT2D eigenvalue weighted by Gasteiger charge is -2.29. The Hall–Kier alpha value is -2.81. The second-order valence-electron chi connectivity index (χ2n) is 8.85. The summed E-state index contributed by atoms with van der Waals surface area (Å²) in [5, 5.41) is 18.2. The van der Waals surface area contributed by atoms with Gasteiger partial charge in [0.05, 0.1) is 18.6 Å². The van der Waals surface area contributed by atoms with E-state index in [4.69, 9.17) is 0 Å². The van der Waals surface area contributed by atoms with Crippen molar-refractivity contribution in [3.05, 3.63) is 41.9 Å². The molecule has 3 N–H and O–H groups in total. The molecule has 2 saturated carbocycles. The molecule has 2 aliphatic rings. The molecule has 0 aromatic carbocycles. The van der Waals surface area contributed by atoms with Crippen LogP contribution >= 0.6 is 0 Å². The van der Waals surface area contributed by atoms with Crippen LogP contribution < -0.4 is 10.6 Å². The van der Waals surface area contributed by atoms with Crippen LogP contribution in [0.5, 0.6) is 0 Å². The van der Waals surface area contributed by atoms with Gasteiger partial charge < -0.3 is 10.6 Å². The summed E-state index contributed by atoms with van der Waals surface area (Å²) in [6.07, 6.45) is 14.4. The first-order valence-corrected chi connectivity index (χ1v) is 11.2. The molecule has 0 atom stereocenters. The Morgan fingerprint density at radius 2 is 1.90 bits per heavy atom. The van der Waals surface area contributed by atoms with E-state index in [1.54, 1.807) is 6.20 Å². The summed E-state index contributed by atoms with van der Waals surface area (Å²) >= 11 is 0. The lowest BCUT2D eigenvalue weighted by atomic mass is 9.91. The van der Waals surface area contributed by atoms with E-state index in [0.717, 1.165) is 49.9 Å². The molecule has 0 unspecified atom stereocenters. The van der Waals surface area contributed by atoms with E-state index < -0.39 is 5.82 Å². The molecular weight excluding hydrogens is 395 g/mol. The first-order chi connectivity index (χ1) is 15.2. The van der Waals surface area contributed by atoms with Crippen LogP contribution in [0.3, 0.4) is 0 Å². The summed E-state index contributed by atoms with van der Waals surface area (Å²) in [5.41, 5.74) is 3.35. The van der Waals surface area contributed by atoms with Crippen LogP contribution in [0, 0.1) is 11.7 Å². The largest absolute Gasteiger partial charge is 0.351 e. The van der Waals surface area contributed by atoms with Gasteiger partial charge in [0.2, 0.25) is 5.95 Å². The fraction of sp³-hybridized carbons (Fsp3) is 0.545. The van der Waals surface area contributed by atoms with Gasteiger partial charge in [0, 0.05) is 48.7 Å². The highest BCUT2D eigenvalue weighted by molar-refractivity contribution is 5.63. The molecular formula is C22H29FN8. The average molecular weight is 425 g/mol. The Morgan fingerprint density at radius 3 is 2.65 bits per heavy atom. The summed E-state index contributed by atoms with van der Waals surface area (Å²) < 4.78 is 16.5. The molecule has 0 bridgehead atoms. The molecule has 164 valence electrons. The van der Waals surface area contributed by atoms with Gasteiger partial charge >= 0.3 is 0 Å². The molecule has 0 aliphatic heterocycles. The van der Waals surface area contributed by atoms with Gasteiger partial charge in [-0.1, -0.05) is 0 Å². The third-order valence-electron chi connectivity index (χ3n) is 6.45. The smallest absolute Gasteiger partial charge is 0.223 e. The number of H-pyrrole nitrogens is 1. The number of aryl methyl sites for hydroxylation is 1. The van der Waals surface area contributed by atoms with Crippen LogP contribution in [0.4, 0.5) is 10.3 Å². The molecule has 5 rings (SSSR count). The summed E-state index contributed by atoms with van der Waals surface area (Å²) in [5.74, 6) is 0.782. The minimum absolute atomic E-state index is 0.296. The van der Waals surface area contributed by atoms with Crippen LogP contribution in [-0.2, 0) is 20.0 Å². The first-order valence-electron chi connectivity index (χ1n) is 11.2. The molecule has 31 heavy (non-hydrogen) atoms. The SMILES string of the molecule is Cn1ncc(-c2nc(N[C@H]3CC[C@H](NCc4cn[nH]c4)CC3)ncc2F)c1CC1CC1. The monoisotopic (exact) mass is 424 g/mol. The molecule has 2 aliphatic carbocycles. The van der Waals surface area contributed by atoms with Crippen molar-refractivity contribution in [2.75, 3.05) is 5.32 Å². The maximum absolute atomic E-state index is 14.6. The third kappa shape index (κ3) is 4.76. The minimum atomic E-state index is -0.400. The zero-order chi connectivity index (χ0) is 21.2. The van der Waals surface area contributed by atoms with Crippen LogP contribution in [0.15, 0.2) is 24.8 Å². The van der Waals surface area contributed by atoms with Gasteiger partial charge in [0.25, 0.3) is 0 Å². The molecule has 9 heteroatoms. The number of hydrogen-bond donors (Lipinski definition) is 3. The summed E-state index contributed by atoms with van der Waals surface area (Å²) in [6.45, 7) is 0.831. The van der Waals surface area contributed by atoms with Gasteiger partial charge in [-0.25, -0.2) is 14.4 Å². The summed E-state index contributed by atoms with van der Waals surface area (Å²) in [6, 6.07) is 0.795. The van der Waals surface area contributed by atoms with Crippen LogP contribution in [0.25, 0.3) is 11.3 Å². The van der Waals surface area contributed by atoms with Crippen LogP contribution in [-0.4, -0.2) is 42.0 Å². The van der Waals surface area contributed by atoms with E-state index in [2.05, 4.69) is 35.9 Å². The van der Waals surface area contributed by atoms with Crippen molar-refractivity contribution >= 4 is 5.95 Å². The summed E-state index contributed by atoms with van der Waals surface area (Å²) in [4.78, 5) is 8.76. The van der Waals surface area contributed by atoms with E-state index in [0.29, 0.717) is 29.6 Å². The van der Waals surface area contributed by atoms with Crippen molar-refractivity contribution < 1.29 is 4.39 Å². The Bertz CT molecular complexity index is 1000. The quantitative estimate of drug-likeness (QED) is 0.514. The van der Waals surface area contributed by atoms with Gasteiger partial charge in [-0.15, -0.1) is 0 Å². The van der Waals surface area contributed by atoms with E-state index >= 15 is 0 Å². The Labute approximate surface area is 181 Å². The van der Waals surface area contributed by atoms with E-state index in [9.17, 15) is 4.39 Å². The molecule has 0 spiro atoms. The normalized spacial score (nSPS) is 21.4. The van der Waals surface area contributed by atoms with Gasteiger partial charge in [0.1, 0.15) is 5.69 Å².